The van der Waals surface area contributed by atoms with Crippen LogP contribution in [0.25, 0.3) is 0 Å². The van der Waals surface area contributed by atoms with Crippen LogP contribution in [-0.2, 0) is 26.1 Å². The number of aliphatic hydroxyl groups excluding tert-OH is 1. The van der Waals surface area contributed by atoms with E-state index < -0.39 is 16.3 Å². The second-order valence-electron chi connectivity index (χ2n) is 9.49. The number of thioether (sulfide) groups is 1. The number of rotatable bonds is 9. The third-order valence-corrected chi connectivity index (χ3v) is 9.24. The van der Waals surface area contributed by atoms with Crippen molar-refractivity contribution in [3.05, 3.63) is 126 Å². The van der Waals surface area contributed by atoms with Crippen LogP contribution in [-0.4, -0.2) is 25.4 Å². The van der Waals surface area contributed by atoms with Gasteiger partial charge in [-0.3, -0.25) is 4.72 Å². The van der Waals surface area contributed by atoms with Crippen LogP contribution in [0.2, 0.25) is 0 Å². The molecular formula is C31H31NO5S2. The Bertz CT molecular complexity index is 1460. The van der Waals surface area contributed by atoms with E-state index in [2.05, 4.69) is 23.8 Å². The van der Waals surface area contributed by atoms with E-state index in [-0.39, 0.29) is 29.6 Å². The molecule has 39 heavy (non-hydrogen) atoms. The molecule has 4 aromatic carbocycles. The molecule has 0 aliphatic carbocycles. The molecule has 202 valence electrons. The van der Waals surface area contributed by atoms with Gasteiger partial charge in [-0.25, -0.2) is 8.42 Å². The molecule has 4 unspecified atom stereocenters. The van der Waals surface area contributed by atoms with Crippen molar-refractivity contribution in [1.29, 1.82) is 0 Å². The van der Waals surface area contributed by atoms with E-state index in [1.807, 2.05) is 48.5 Å². The quantitative estimate of drug-likeness (QED) is 0.225. The highest BCUT2D eigenvalue weighted by Gasteiger charge is 2.38. The zero-order chi connectivity index (χ0) is 27.2. The minimum atomic E-state index is -3.74. The van der Waals surface area contributed by atoms with Crippen molar-refractivity contribution in [3.63, 3.8) is 0 Å². The maximum Gasteiger partial charge on any atom is 0.261 e. The largest absolute Gasteiger partial charge is 0.392 e. The number of aliphatic hydroxyl groups is 1. The van der Waals surface area contributed by atoms with Gasteiger partial charge in [0, 0.05) is 27.8 Å². The van der Waals surface area contributed by atoms with Crippen LogP contribution >= 0.6 is 11.8 Å². The van der Waals surface area contributed by atoms with Crippen molar-refractivity contribution in [2.24, 2.45) is 5.92 Å². The molecular weight excluding hydrogens is 530 g/mol. The SMILES string of the molecule is CC1C(CSc2ccccc2)OC(c2cccc(NS(=O)(=O)c3ccccc3)c2)OC1c1ccc(CO)cc1. The predicted octanol–water partition coefficient (Wildman–Crippen LogP) is 6.56. The fourth-order valence-corrected chi connectivity index (χ4v) is 6.73. The second-order valence-corrected chi connectivity index (χ2v) is 12.3. The van der Waals surface area contributed by atoms with Crippen LogP contribution in [0.15, 0.2) is 119 Å². The van der Waals surface area contributed by atoms with Gasteiger partial charge < -0.3 is 14.6 Å². The molecule has 1 saturated heterocycles. The summed E-state index contributed by atoms with van der Waals surface area (Å²) in [6.45, 7) is 2.11. The summed E-state index contributed by atoms with van der Waals surface area (Å²) >= 11 is 1.73. The molecule has 4 atom stereocenters. The van der Waals surface area contributed by atoms with Crippen molar-refractivity contribution >= 4 is 27.5 Å². The van der Waals surface area contributed by atoms with E-state index in [4.69, 9.17) is 9.47 Å². The highest BCUT2D eigenvalue weighted by Crippen LogP contribution is 2.43. The molecule has 1 aliphatic heterocycles. The first-order valence-corrected chi connectivity index (χ1v) is 15.3. The molecule has 0 bridgehead atoms. The van der Waals surface area contributed by atoms with Gasteiger partial charge in [-0.1, -0.05) is 79.7 Å². The number of anilines is 1. The molecule has 5 rings (SSSR count). The number of nitrogens with one attached hydrogen (secondary N) is 1. The van der Waals surface area contributed by atoms with Gasteiger partial charge in [-0.15, -0.1) is 11.8 Å². The lowest BCUT2D eigenvalue weighted by Crippen LogP contribution is -2.38. The van der Waals surface area contributed by atoms with E-state index in [0.717, 1.165) is 27.3 Å². The standard InChI is InChI=1S/C31H31NO5S2/c1-22-29(21-38-27-11-4-2-5-12-27)36-31(37-30(22)24-17-15-23(20-33)16-18-24)25-9-8-10-26(19-25)32-39(34,35)28-13-6-3-7-14-28/h2-19,22,29-33H,20-21H2,1H3. The van der Waals surface area contributed by atoms with Gasteiger partial charge in [-0.05, 0) is 47.5 Å². The Kier molecular flexibility index (Phi) is 8.69. The highest BCUT2D eigenvalue weighted by molar-refractivity contribution is 7.99. The fourth-order valence-electron chi connectivity index (χ4n) is 4.57. The molecule has 8 heteroatoms. The highest BCUT2D eigenvalue weighted by atomic mass is 32.2. The molecule has 2 N–H and O–H groups in total. The van der Waals surface area contributed by atoms with Crippen molar-refractivity contribution in [2.45, 2.75) is 41.8 Å². The summed E-state index contributed by atoms with van der Waals surface area (Å²) < 4.78 is 41.5. The Balaban J connectivity index is 1.40. The van der Waals surface area contributed by atoms with Gasteiger partial charge in [0.2, 0.25) is 0 Å². The molecule has 0 saturated carbocycles. The normalized spacial score (nSPS) is 21.4. The molecule has 1 heterocycles. The maximum atomic E-state index is 12.9. The van der Waals surface area contributed by atoms with Gasteiger partial charge in [-0.2, -0.15) is 0 Å². The summed E-state index contributed by atoms with van der Waals surface area (Å²) in [6, 6.07) is 33.4. The molecule has 0 aromatic heterocycles. The number of hydrogen-bond acceptors (Lipinski definition) is 6. The molecule has 6 nitrogen and oxygen atoms in total. The second kappa shape index (κ2) is 12.4. The van der Waals surface area contributed by atoms with E-state index in [0.29, 0.717) is 5.69 Å². The number of benzene rings is 4. The summed E-state index contributed by atoms with van der Waals surface area (Å²) in [5.41, 5.74) is 3.00. The molecule has 4 aromatic rings. The van der Waals surface area contributed by atoms with E-state index in [1.165, 1.54) is 0 Å². The third kappa shape index (κ3) is 6.72. The van der Waals surface area contributed by atoms with Crippen LogP contribution in [0.4, 0.5) is 5.69 Å². The lowest BCUT2D eigenvalue weighted by Gasteiger charge is -2.41. The van der Waals surface area contributed by atoms with Crippen LogP contribution < -0.4 is 4.72 Å². The lowest BCUT2D eigenvalue weighted by atomic mass is 9.91. The van der Waals surface area contributed by atoms with E-state index >= 15 is 0 Å². The van der Waals surface area contributed by atoms with Gasteiger partial charge >= 0.3 is 0 Å². The summed E-state index contributed by atoms with van der Waals surface area (Å²) in [7, 11) is -3.74. The molecule has 0 spiro atoms. The van der Waals surface area contributed by atoms with Crippen molar-refractivity contribution in [2.75, 3.05) is 10.5 Å². The summed E-state index contributed by atoms with van der Waals surface area (Å²) in [5.74, 6) is 0.786. The first-order chi connectivity index (χ1) is 18.9. The van der Waals surface area contributed by atoms with Crippen LogP contribution in [0.1, 0.15) is 36.0 Å². The van der Waals surface area contributed by atoms with Crippen LogP contribution in [0, 0.1) is 5.92 Å². The Morgan fingerprint density at radius 3 is 2.21 bits per heavy atom. The summed E-state index contributed by atoms with van der Waals surface area (Å²) in [4.78, 5) is 1.36. The number of sulfonamides is 1. The van der Waals surface area contributed by atoms with Crippen LogP contribution in [0.5, 0.6) is 0 Å². The van der Waals surface area contributed by atoms with Crippen molar-refractivity contribution < 1.29 is 23.0 Å². The monoisotopic (exact) mass is 561 g/mol. The molecule has 1 fully saturated rings. The number of hydrogen-bond donors (Lipinski definition) is 2. The Hall–Kier alpha value is -3.14. The Morgan fingerprint density at radius 1 is 0.821 bits per heavy atom. The summed E-state index contributed by atoms with van der Waals surface area (Å²) in [6.07, 6.45) is -1.06. The zero-order valence-electron chi connectivity index (χ0n) is 21.5. The van der Waals surface area contributed by atoms with Gasteiger partial charge in [0.25, 0.3) is 10.0 Å². The summed E-state index contributed by atoms with van der Waals surface area (Å²) in [5, 5.41) is 9.48. The first-order valence-electron chi connectivity index (χ1n) is 12.8. The van der Waals surface area contributed by atoms with Crippen molar-refractivity contribution in [3.8, 4) is 0 Å². The minimum absolute atomic E-state index is 0.0187. The minimum Gasteiger partial charge on any atom is -0.392 e. The lowest BCUT2D eigenvalue weighted by molar-refractivity contribution is -0.268. The van der Waals surface area contributed by atoms with Crippen LogP contribution in [0.3, 0.4) is 0 Å². The molecule has 0 amide bonds. The topological polar surface area (TPSA) is 84.9 Å². The van der Waals surface area contributed by atoms with Crippen molar-refractivity contribution in [1.82, 2.24) is 0 Å². The van der Waals surface area contributed by atoms with E-state index in [1.54, 1.807) is 60.3 Å². The average molecular weight is 562 g/mol. The Labute approximate surface area is 234 Å². The maximum absolute atomic E-state index is 12.9. The molecule has 1 aliphatic rings. The van der Waals surface area contributed by atoms with Gasteiger partial charge in [0.05, 0.1) is 23.7 Å². The smallest absolute Gasteiger partial charge is 0.261 e. The predicted molar refractivity (Wildman–Crippen MR) is 154 cm³/mol. The zero-order valence-corrected chi connectivity index (χ0v) is 23.1. The Morgan fingerprint density at radius 2 is 1.51 bits per heavy atom. The van der Waals surface area contributed by atoms with E-state index in [9.17, 15) is 13.5 Å². The fraction of sp³-hybridized carbons (Fsp3) is 0.226. The third-order valence-electron chi connectivity index (χ3n) is 6.75. The van der Waals surface area contributed by atoms with Gasteiger partial charge in [0.1, 0.15) is 0 Å². The molecule has 0 radical (unpaired) electrons. The first kappa shape index (κ1) is 27.4. The van der Waals surface area contributed by atoms with Gasteiger partial charge in [0.15, 0.2) is 6.29 Å². The average Bonchev–Trinajstić information content (AvgIpc) is 2.97. The number of ether oxygens (including phenoxy) is 2.